The van der Waals surface area contributed by atoms with E-state index in [0.717, 1.165) is 6.42 Å². The highest BCUT2D eigenvalue weighted by atomic mass is 19.3. The van der Waals surface area contributed by atoms with Gasteiger partial charge >= 0.3 is 0 Å². The molecule has 0 spiro atoms. The minimum absolute atomic E-state index is 0.0272. The maximum atomic E-state index is 14.2. The molecule has 0 bridgehead atoms. The molecule has 0 saturated carbocycles. The summed E-state index contributed by atoms with van der Waals surface area (Å²) in [6.07, 6.45) is -2.55. The molecule has 1 aliphatic carbocycles. The van der Waals surface area contributed by atoms with Gasteiger partial charge in [-0.05, 0) is 26.7 Å². The molecule has 0 amide bonds. The maximum Gasteiger partial charge on any atom is 0.280 e. The van der Waals surface area contributed by atoms with Gasteiger partial charge in [-0.15, -0.1) is 0 Å². The number of aliphatic hydroxyl groups excluding tert-OH is 1. The van der Waals surface area contributed by atoms with Crippen LogP contribution in [0.4, 0.5) is 25.1 Å². The zero-order valence-electron chi connectivity index (χ0n) is 13.9. The highest BCUT2D eigenvalue weighted by Gasteiger charge is 2.46. The molecular formula is C15H22F3N5O. The van der Waals surface area contributed by atoms with Crippen LogP contribution in [0.25, 0.3) is 5.57 Å². The summed E-state index contributed by atoms with van der Waals surface area (Å²) in [7, 11) is 0. The van der Waals surface area contributed by atoms with Crippen LogP contribution in [0.5, 0.6) is 0 Å². The van der Waals surface area contributed by atoms with Crippen molar-refractivity contribution in [2.45, 2.75) is 58.1 Å². The average molecular weight is 345 g/mol. The van der Waals surface area contributed by atoms with E-state index in [1.54, 1.807) is 0 Å². The number of nitrogens with one attached hydrogen (secondary N) is 2. The predicted molar refractivity (Wildman–Crippen MR) is 85.6 cm³/mol. The summed E-state index contributed by atoms with van der Waals surface area (Å²) in [6, 6.07) is 0.0272. The molecule has 3 N–H and O–H groups in total. The number of halogens is 3. The molecule has 2 rings (SSSR count). The number of hydrogen-bond donors (Lipinski definition) is 3. The molecule has 0 aromatic carbocycles. The van der Waals surface area contributed by atoms with E-state index in [9.17, 15) is 18.3 Å². The normalized spacial score (nSPS) is 20.4. The van der Waals surface area contributed by atoms with Gasteiger partial charge in [0.05, 0.1) is 0 Å². The second-order valence-electron chi connectivity index (χ2n) is 6.02. The third-order valence-electron chi connectivity index (χ3n) is 3.49. The van der Waals surface area contributed by atoms with Gasteiger partial charge in [-0.25, -0.2) is 13.2 Å². The van der Waals surface area contributed by atoms with Crippen molar-refractivity contribution in [3.8, 4) is 0 Å². The summed E-state index contributed by atoms with van der Waals surface area (Å²) >= 11 is 0. The van der Waals surface area contributed by atoms with Crippen molar-refractivity contribution in [2.75, 3.05) is 17.2 Å². The second-order valence-corrected chi connectivity index (χ2v) is 6.02. The Morgan fingerprint density at radius 2 is 1.92 bits per heavy atom. The molecule has 1 heterocycles. The van der Waals surface area contributed by atoms with E-state index < -0.39 is 24.3 Å². The van der Waals surface area contributed by atoms with E-state index in [1.165, 1.54) is 0 Å². The van der Waals surface area contributed by atoms with Crippen molar-refractivity contribution >= 4 is 17.5 Å². The van der Waals surface area contributed by atoms with Crippen LogP contribution in [0.15, 0.2) is 5.83 Å². The highest BCUT2D eigenvalue weighted by molar-refractivity contribution is 5.66. The average Bonchev–Trinajstić information content (AvgIpc) is 2.50. The number of nitrogens with zero attached hydrogens (tertiary/aromatic N) is 3. The van der Waals surface area contributed by atoms with Crippen molar-refractivity contribution < 1.29 is 18.3 Å². The van der Waals surface area contributed by atoms with Crippen molar-refractivity contribution in [2.24, 2.45) is 0 Å². The quantitative estimate of drug-likeness (QED) is 0.735. The van der Waals surface area contributed by atoms with E-state index in [2.05, 4.69) is 25.6 Å². The van der Waals surface area contributed by atoms with Gasteiger partial charge in [0.15, 0.2) is 11.9 Å². The molecule has 1 aliphatic rings. The van der Waals surface area contributed by atoms with E-state index in [-0.39, 0.29) is 35.8 Å². The summed E-state index contributed by atoms with van der Waals surface area (Å²) < 4.78 is 41.1. The molecule has 9 heteroatoms. The molecule has 0 aliphatic heterocycles. The smallest absolute Gasteiger partial charge is 0.280 e. The lowest BCUT2D eigenvalue weighted by molar-refractivity contribution is -0.107. The van der Waals surface area contributed by atoms with Crippen molar-refractivity contribution in [3.63, 3.8) is 0 Å². The van der Waals surface area contributed by atoms with Crippen molar-refractivity contribution in [1.82, 2.24) is 15.0 Å². The van der Waals surface area contributed by atoms with E-state index in [1.807, 2.05) is 20.8 Å². The van der Waals surface area contributed by atoms with Crippen LogP contribution in [-0.2, 0) is 0 Å². The van der Waals surface area contributed by atoms with Gasteiger partial charge in [-0.3, -0.25) is 0 Å². The molecule has 0 fully saturated rings. The lowest BCUT2D eigenvalue weighted by atomic mass is 9.92. The highest BCUT2D eigenvalue weighted by Crippen LogP contribution is 2.40. The van der Waals surface area contributed by atoms with E-state index in [4.69, 9.17) is 0 Å². The molecule has 134 valence electrons. The lowest BCUT2D eigenvalue weighted by Gasteiger charge is -2.27. The topological polar surface area (TPSA) is 83.0 Å². The Hall–Kier alpha value is -1.90. The fourth-order valence-corrected chi connectivity index (χ4v) is 2.27. The first-order valence-corrected chi connectivity index (χ1v) is 7.96. The third-order valence-corrected chi connectivity index (χ3v) is 3.49. The summed E-state index contributed by atoms with van der Waals surface area (Å²) in [4.78, 5) is 12.4. The Kier molecular flexibility index (Phi) is 5.63. The van der Waals surface area contributed by atoms with E-state index >= 15 is 0 Å². The molecule has 0 radical (unpaired) electrons. The molecular weight excluding hydrogens is 323 g/mol. The van der Waals surface area contributed by atoms with Crippen LogP contribution in [-0.4, -0.2) is 44.7 Å². The van der Waals surface area contributed by atoms with Gasteiger partial charge in [-0.2, -0.15) is 15.0 Å². The minimum atomic E-state index is -3.48. The Balaban J connectivity index is 2.42. The van der Waals surface area contributed by atoms with Crippen LogP contribution in [0.3, 0.4) is 0 Å². The van der Waals surface area contributed by atoms with Gasteiger partial charge in [0.1, 0.15) is 5.83 Å². The molecule has 1 atom stereocenters. The molecule has 1 unspecified atom stereocenters. The maximum absolute atomic E-state index is 14.2. The number of alkyl halides is 2. The third kappa shape index (κ3) is 4.14. The standard InChI is InChI=1S/C15H22F3N5O/c1-4-7-19-13-21-12(22-14(23-13)20-8(2)3)9-5-6-15(17,18)11(24)10(9)16/h8,11,24H,4-7H2,1-3H3,(H2,19,20,21,22,23). The predicted octanol–water partition coefficient (Wildman–Crippen LogP) is 2.98. The first-order chi connectivity index (χ1) is 11.2. The zero-order chi connectivity index (χ0) is 17.9. The molecule has 1 aromatic rings. The number of rotatable bonds is 6. The summed E-state index contributed by atoms with van der Waals surface area (Å²) in [5.74, 6) is -4.35. The van der Waals surface area contributed by atoms with Crippen LogP contribution in [0.1, 0.15) is 45.9 Å². The summed E-state index contributed by atoms with van der Waals surface area (Å²) in [5.41, 5.74) is -0.109. The minimum Gasteiger partial charge on any atom is -0.380 e. The van der Waals surface area contributed by atoms with Crippen molar-refractivity contribution in [3.05, 3.63) is 11.7 Å². The van der Waals surface area contributed by atoms with Gasteiger partial charge in [0, 0.05) is 24.6 Å². The number of allylic oxidation sites excluding steroid dienone is 1. The van der Waals surface area contributed by atoms with Crippen LogP contribution in [0.2, 0.25) is 0 Å². The second kappa shape index (κ2) is 7.33. The largest absolute Gasteiger partial charge is 0.380 e. The molecule has 6 nitrogen and oxygen atoms in total. The molecule has 0 saturated heterocycles. The van der Waals surface area contributed by atoms with Crippen molar-refractivity contribution in [1.29, 1.82) is 0 Å². The monoisotopic (exact) mass is 345 g/mol. The molecule has 1 aromatic heterocycles. The first-order valence-electron chi connectivity index (χ1n) is 7.96. The Morgan fingerprint density at radius 3 is 2.54 bits per heavy atom. The number of hydrogen-bond acceptors (Lipinski definition) is 6. The van der Waals surface area contributed by atoms with Crippen LogP contribution in [0, 0.1) is 0 Å². The lowest BCUT2D eigenvalue weighted by Crippen LogP contribution is -2.37. The van der Waals surface area contributed by atoms with Gasteiger partial charge < -0.3 is 15.7 Å². The molecule has 24 heavy (non-hydrogen) atoms. The van der Waals surface area contributed by atoms with Gasteiger partial charge in [0.2, 0.25) is 11.9 Å². The Labute approximate surface area is 138 Å². The summed E-state index contributed by atoms with van der Waals surface area (Å²) in [5, 5.41) is 15.4. The van der Waals surface area contributed by atoms with Crippen LogP contribution >= 0.6 is 0 Å². The van der Waals surface area contributed by atoms with Crippen LogP contribution < -0.4 is 10.6 Å². The fourth-order valence-electron chi connectivity index (χ4n) is 2.27. The van der Waals surface area contributed by atoms with E-state index in [0.29, 0.717) is 6.54 Å². The Morgan fingerprint density at radius 1 is 1.25 bits per heavy atom. The number of anilines is 2. The first kappa shape index (κ1) is 18.4. The fraction of sp³-hybridized carbons (Fsp3) is 0.667. The number of aliphatic hydroxyl groups is 1. The SMILES string of the molecule is CCCNc1nc(NC(C)C)nc(C2=C(F)C(O)C(F)(F)CC2)n1. The van der Waals surface area contributed by atoms with Gasteiger partial charge in [0.25, 0.3) is 5.92 Å². The number of aromatic nitrogens is 3. The Bertz CT molecular complexity index is 621. The zero-order valence-corrected chi connectivity index (χ0v) is 13.9. The summed E-state index contributed by atoms with van der Waals surface area (Å²) in [6.45, 7) is 6.33. The van der Waals surface area contributed by atoms with Gasteiger partial charge in [-0.1, -0.05) is 6.92 Å².